The molecule has 18 heavy (non-hydrogen) atoms. The fourth-order valence-corrected chi connectivity index (χ4v) is 1.41. The van der Waals surface area contributed by atoms with E-state index in [1.165, 1.54) is 12.1 Å². The van der Waals surface area contributed by atoms with Crippen LogP contribution in [0.3, 0.4) is 0 Å². The molecule has 0 bridgehead atoms. The second-order valence-electron chi connectivity index (χ2n) is 4.09. The van der Waals surface area contributed by atoms with E-state index in [9.17, 15) is 14.9 Å². The number of aliphatic hydroxyl groups is 1. The van der Waals surface area contributed by atoms with E-state index in [4.69, 9.17) is 5.11 Å². The Morgan fingerprint density at radius 2 is 2.28 bits per heavy atom. The summed E-state index contributed by atoms with van der Waals surface area (Å²) in [7, 11) is 0. The Bertz CT molecular complexity index is 432. The average Bonchev–Trinajstić information content (AvgIpc) is 2.34. The summed E-state index contributed by atoms with van der Waals surface area (Å²) in [6, 6.07) is 6.12. The van der Waals surface area contributed by atoms with E-state index in [0.29, 0.717) is 12.0 Å². The molecule has 1 amide bonds. The van der Waals surface area contributed by atoms with Gasteiger partial charge in [-0.2, -0.15) is 0 Å². The molecule has 0 aliphatic carbocycles. The topological polar surface area (TPSA) is 92.5 Å². The summed E-state index contributed by atoms with van der Waals surface area (Å²) >= 11 is 0. The van der Waals surface area contributed by atoms with Gasteiger partial charge in [0.2, 0.25) is 5.91 Å². The summed E-state index contributed by atoms with van der Waals surface area (Å²) in [5.41, 5.74) is 0.681. The molecule has 6 nitrogen and oxygen atoms in total. The Labute approximate surface area is 105 Å². The van der Waals surface area contributed by atoms with Crippen LogP contribution in [0, 0.1) is 10.1 Å². The van der Waals surface area contributed by atoms with Crippen molar-refractivity contribution in [3.8, 4) is 0 Å². The summed E-state index contributed by atoms with van der Waals surface area (Å²) in [5.74, 6) is -0.178. The highest BCUT2D eigenvalue weighted by atomic mass is 16.6. The molecule has 0 spiro atoms. The maximum absolute atomic E-state index is 11.4. The monoisotopic (exact) mass is 252 g/mol. The molecule has 0 saturated heterocycles. The first-order chi connectivity index (χ1) is 8.49. The predicted octanol–water partition coefficient (Wildman–Crippen LogP) is 1.37. The third kappa shape index (κ3) is 4.92. The lowest BCUT2D eigenvalue weighted by Crippen LogP contribution is -2.23. The maximum Gasteiger partial charge on any atom is 0.269 e. The van der Waals surface area contributed by atoms with Gasteiger partial charge < -0.3 is 10.4 Å². The summed E-state index contributed by atoms with van der Waals surface area (Å²) in [6.07, 6.45) is 0.140. The third-order valence-corrected chi connectivity index (χ3v) is 2.40. The Hall–Kier alpha value is -1.95. The number of nitrogens with one attached hydrogen (secondary N) is 1. The molecule has 0 aliphatic heterocycles. The number of hydrogen-bond donors (Lipinski definition) is 2. The van der Waals surface area contributed by atoms with Gasteiger partial charge in [0.25, 0.3) is 5.69 Å². The highest BCUT2D eigenvalue weighted by molar-refractivity contribution is 5.75. The van der Waals surface area contributed by atoms with Crippen molar-refractivity contribution in [3.63, 3.8) is 0 Å². The highest BCUT2D eigenvalue weighted by Gasteiger charge is 2.07. The Morgan fingerprint density at radius 3 is 2.89 bits per heavy atom. The molecule has 2 N–H and O–H groups in total. The molecular weight excluding hydrogens is 236 g/mol. The molecule has 1 atom stereocenters. The van der Waals surface area contributed by atoms with Crippen molar-refractivity contribution in [3.05, 3.63) is 39.9 Å². The number of non-ortho nitro benzene ring substituents is 1. The quantitative estimate of drug-likeness (QED) is 0.590. The molecule has 0 aromatic heterocycles. The van der Waals surface area contributed by atoms with Crippen LogP contribution in [0.25, 0.3) is 0 Å². The molecule has 0 heterocycles. The molecule has 1 aromatic rings. The molecule has 0 saturated carbocycles. The first-order valence-electron chi connectivity index (χ1n) is 5.67. The standard InChI is InChI=1S/C12H16N2O4/c1-9(15)5-6-12(16)13-8-10-3-2-4-11(7-10)14(17)18/h2-4,7,9,15H,5-6,8H2,1H3,(H,13,16). The molecule has 1 rings (SSSR count). The van der Waals surface area contributed by atoms with Gasteiger partial charge in [0.1, 0.15) is 0 Å². The third-order valence-electron chi connectivity index (χ3n) is 2.40. The number of nitrogens with zero attached hydrogens (tertiary/aromatic N) is 1. The zero-order valence-corrected chi connectivity index (χ0v) is 10.1. The molecule has 0 aliphatic rings. The summed E-state index contributed by atoms with van der Waals surface area (Å²) < 4.78 is 0. The van der Waals surface area contributed by atoms with Crippen LogP contribution in [0.5, 0.6) is 0 Å². The number of hydrogen-bond acceptors (Lipinski definition) is 4. The Morgan fingerprint density at radius 1 is 1.56 bits per heavy atom. The van der Waals surface area contributed by atoms with Crippen LogP contribution in [0.4, 0.5) is 5.69 Å². The molecule has 98 valence electrons. The molecule has 6 heteroatoms. The highest BCUT2D eigenvalue weighted by Crippen LogP contribution is 2.12. The van der Waals surface area contributed by atoms with E-state index < -0.39 is 11.0 Å². The first-order valence-corrected chi connectivity index (χ1v) is 5.67. The van der Waals surface area contributed by atoms with E-state index in [-0.39, 0.29) is 24.6 Å². The minimum absolute atomic E-state index is 0.00530. The summed E-state index contributed by atoms with van der Waals surface area (Å²) in [6.45, 7) is 1.87. The Kier molecular flexibility index (Phi) is 5.26. The molecule has 0 fully saturated rings. The molecule has 1 unspecified atom stereocenters. The van der Waals surface area contributed by atoms with Crippen LogP contribution < -0.4 is 5.32 Å². The van der Waals surface area contributed by atoms with Crippen molar-refractivity contribution in [1.29, 1.82) is 0 Å². The van der Waals surface area contributed by atoms with Gasteiger partial charge in [-0.25, -0.2) is 0 Å². The largest absolute Gasteiger partial charge is 0.393 e. The van der Waals surface area contributed by atoms with Gasteiger partial charge in [-0.3, -0.25) is 14.9 Å². The predicted molar refractivity (Wildman–Crippen MR) is 65.9 cm³/mol. The van der Waals surface area contributed by atoms with E-state index in [0.717, 1.165) is 0 Å². The number of amides is 1. The molecule has 1 aromatic carbocycles. The SMILES string of the molecule is CC(O)CCC(=O)NCc1cccc([N+](=O)[O-])c1. The minimum atomic E-state index is -0.506. The zero-order chi connectivity index (χ0) is 13.5. The molecule has 0 radical (unpaired) electrons. The minimum Gasteiger partial charge on any atom is -0.393 e. The second-order valence-corrected chi connectivity index (χ2v) is 4.09. The molecular formula is C12H16N2O4. The van der Waals surface area contributed by atoms with Crippen LogP contribution in [-0.4, -0.2) is 22.0 Å². The lowest BCUT2D eigenvalue weighted by molar-refractivity contribution is -0.384. The Balaban J connectivity index is 2.46. The zero-order valence-electron chi connectivity index (χ0n) is 10.1. The van der Waals surface area contributed by atoms with Gasteiger partial charge in [0.05, 0.1) is 11.0 Å². The van der Waals surface area contributed by atoms with Crippen LogP contribution in [0.2, 0.25) is 0 Å². The maximum atomic E-state index is 11.4. The first kappa shape index (κ1) is 14.1. The van der Waals surface area contributed by atoms with Gasteiger partial charge in [-0.1, -0.05) is 12.1 Å². The fourth-order valence-electron chi connectivity index (χ4n) is 1.41. The summed E-state index contributed by atoms with van der Waals surface area (Å²) in [5, 5.41) is 22.2. The van der Waals surface area contributed by atoms with Gasteiger partial charge in [0.15, 0.2) is 0 Å². The van der Waals surface area contributed by atoms with Gasteiger partial charge in [-0.05, 0) is 18.9 Å². The van der Waals surface area contributed by atoms with Crippen molar-refractivity contribution < 1.29 is 14.8 Å². The lowest BCUT2D eigenvalue weighted by Gasteiger charge is -2.06. The number of carbonyl (C=O) groups is 1. The lowest BCUT2D eigenvalue weighted by atomic mass is 10.2. The van der Waals surface area contributed by atoms with Crippen molar-refractivity contribution in [2.24, 2.45) is 0 Å². The van der Waals surface area contributed by atoms with Crippen LogP contribution in [-0.2, 0) is 11.3 Å². The summed E-state index contributed by atoms with van der Waals surface area (Å²) in [4.78, 5) is 21.5. The number of nitro groups is 1. The van der Waals surface area contributed by atoms with Gasteiger partial charge in [-0.15, -0.1) is 0 Å². The number of nitro benzene ring substituents is 1. The van der Waals surface area contributed by atoms with Crippen molar-refractivity contribution in [2.45, 2.75) is 32.4 Å². The number of carbonyl (C=O) groups excluding carboxylic acids is 1. The normalized spacial score (nSPS) is 11.9. The second kappa shape index (κ2) is 6.70. The van der Waals surface area contributed by atoms with Crippen LogP contribution in [0.15, 0.2) is 24.3 Å². The van der Waals surface area contributed by atoms with Crippen molar-refractivity contribution in [2.75, 3.05) is 0 Å². The van der Waals surface area contributed by atoms with Gasteiger partial charge >= 0.3 is 0 Å². The van der Waals surface area contributed by atoms with Crippen LogP contribution in [0.1, 0.15) is 25.3 Å². The number of rotatable bonds is 6. The fraction of sp³-hybridized carbons (Fsp3) is 0.417. The average molecular weight is 252 g/mol. The van der Waals surface area contributed by atoms with Crippen molar-refractivity contribution >= 4 is 11.6 Å². The number of benzene rings is 1. The van der Waals surface area contributed by atoms with E-state index >= 15 is 0 Å². The van der Waals surface area contributed by atoms with E-state index in [1.54, 1.807) is 19.1 Å². The van der Waals surface area contributed by atoms with Gasteiger partial charge in [0, 0.05) is 25.1 Å². The van der Waals surface area contributed by atoms with Crippen molar-refractivity contribution in [1.82, 2.24) is 5.32 Å². The smallest absolute Gasteiger partial charge is 0.269 e. The van der Waals surface area contributed by atoms with E-state index in [2.05, 4.69) is 5.32 Å². The number of aliphatic hydroxyl groups excluding tert-OH is 1. The van der Waals surface area contributed by atoms with Crippen LogP contribution >= 0.6 is 0 Å². The van der Waals surface area contributed by atoms with E-state index in [1.807, 2.05) is 0 Å².